The minimum atomic E-state index is -0.577. The summed E-state index contributed by atoms with van der Waals surface area (Å²) < 4.78 is 18.9. The van der Waals surface area contributed by atoms with Crippen LogP contribution < -0.4 is 0 Å². The lowest BCUT2D eigenvalue weighted by molar-refractivity contribution is -0.124. The molecule has 3 heteroatoms. The zero-order valence-electron chi connectivity index (χ0n) is 12.4. The molecule has 1 N–H and O–H groups in total. The van der Waals surface area contributed by atoms with Crippen molar-refractivity contribution in [3.05, 3.63) is 35.1 Å². The average molecular weight is 268 g/mol. The number of halogens is 1. The number of benzene rings is 1. The van der Waals surface area contributed by atoms with Crippen LogP contribution in [0.5, 0.6) is 0 Å². The van der Waals surface area contributed by atoms with Crippen molar-refractivity contribution in [2.45, 2.75) is 58.7 Å². The first-order valence-corrected chi connectivity index (χ1v) is 7.06. The zero-order valence-corrected chi connectivity index (χ0v) is 12.4. The van der Waals surface area contributed by atoms with Crippen molar-refractivity contribution in [3.8, 4) is 0 Å². The van der Waals surface area contributed by atoms with Crippen molar-refractivity contribution in [2.75, 3.05) is 6.61 Å². The quantitative estimate of drug-likeness (QED) is 0.818. The van der Waals surface area contributed by atoms with E-state index in [1.807, 2.05) is 27.7 Å². The molecule has 0 aliphatic rings. The SMILES string of the molecule is CCOC(CC)(CC)C(O)Cc1ccc(F)cc1C. The molecule has 2 nitrogen and oxygen atoms in total. The number of hydrogen-bond acceptors (Lipinski definition) is 2. The molecule has 0 saturated carbocycles. The normalized spacial score (nSPS) is 13.6. The van der Waals surface area contributed by atoms with Gasteiger partial charge in [-0.3, -0.25) is 0 Å². The predicted molar refractivity (Wildman–Crippen MR) is 75.8 cm³/mol. The average Bonchev–Trinajstić information content (AvgIpc) is 2.39. The Morgan fingerprint density at radius 2 is 1.89 bits per heavy atom. The van der Waals surface area contributed by atoms with Gasteiger partial charge in [0.05, 0.1) is 11.7 Å². The van der Waals surface area contributed by atoms with Crippen LogP contribution in [0.15, 0.2) is 18.2 Å². The van der Waals surface area contributed by atoms with Gasteiger partial charge in [-0.2, -0.15) is 0 Å². The van der Waals surface area contributed by atoms with E-state index in [1.165, 1.54) is 12.1 Å². The van der Waals surface area contributed by atoms with Crippen LogP contribution in [0.3, 0.4) is 0 Å². The summed E-state index contributed by atoms with van der Waals surface area (Å²) in [6, 6.07) is 4.69. The van der Waals surface area contributed by atoms with Gasteiger partial charge in [-0.1, -0.05) is 19.9 Å². The van der Waals surface area contributed by atoms with Gasteiger partial charge in [0.2, 0.25) is 0 Å². The minimum absolute atomic E-state index is 0.238. The lowest BCUT2D eigenvalue weighted by atomic mass is 9.85. The Balaban J connectivity index is 2.89. The van der Waals surface area contributed by atoms with Gasteiger partial charge in [-0.15, -0.1) is 0 Å². The molecule has 0 aliphatic heterocycles. The number of aliphatic hydroxyl groups is 1. The van der Waals surface area contributed by atoms with Gasteiger partial charge in [0.15, 0.2) is 0 Å². The number of aliphatic hydroxyl groups excluding tert-OH is 1. The van der Waals surface area contributed by atoms with E-state index >= 15 is 0 Å². The molecule has 1 rings (SSSR count). The lowest BCUT2D eigenvalue weighted by Crippen LogP contribution is -2.45. The molecule has 1 unspecified atom stereocenters. The summed E-state index contributed by atoms with van der Waals surface area (Å²) in [5.41, 5.74) is 1.34. The Morgan fingerprint density at radius 1 is 1.26 bits per heavy atom. The molecule has 1 aromatic carbocycles. The maximum Gasteiger partial charge on any atom is 0.123 e. The van der Waals surface area contributed by atoms with Crippen LogP contribution in [0.4, 0.5) is 4.39 Å². The molecule has 1 atom stereocenters. The van der Waals surface area contributed by atoms with Gasteiger partial charge in [0, 0.05) is 13.0 Å². The Bertz CT molecular complexity index is 400. The third-order valence-electron chi connectivity index (χ3n) is 3.95. The maximum absolute atomic E-state index is 13.1. The molecule has 0 spiro atoms. The largest absolute Gasteiger partial charge is 0.390 e. The molecule has 0 radical (unpaired) electrons. The van der Waals surface area contributed by atoms with E-state index in [0.29, 0.717) is 13.0 Å². The van der Waals surface area contributed by atoms with Gasteiger partial charge in [-0.05, 0) is 49.9 Å². The van der Waals surface area contributed by atoms with Crippen molar-refractivity contribution in [1.82, 2.24) is 0 Å². The Kier molecular flexibility index (Phi) is 5.95. The van der Waals surface area contributed by atoms with Gasteiger partial charge in [0.1, 0.15) is 5.82 Å². The fraction of sp³-hybridized carbons (Fsp3) is 0.625. The third-order valence-corrected chi connectivity index (χ3v) is 3.95. The Labute approximate surface area is 115 Å². The monoisotopic (exact) mass is 268 g/mol. The minimum Gasteiger partial charge on any atom is -0.390 e. The van der Waals surface area contributed by atoms with E-state index in [0.717, 1.165) is 24.0 Å². The third kappa shape index (κ3) is 3.77. The van der Waals surface area contributed by atoms with Crippen molar-refractivity contribution in [2.24, 2.45) is 0 Å². The second kappa shape index (κ2) is 7.01. The van der Waals surface area contributed by atoms with E-state index in [4.69, 9.17) is 4.74 Å². The van der Waals surface area contributed by atoms with Crippen LogP contribution in [-0.2, 0) is 11.2 Å². The molecular weight excluding hydrogens is 243 g/mol. The standard InChI is InChI=1S/C16H25FO2/c1-5-16(6-2,19-7-3)15(18)11-13-8-9-14(17)10-12(13)4/h8-10,15,18H,5-7,11H2,1-4H3. The lowest BCUT2D eigenvalue weighted by Gasteiger charge is -2.36. The van der Waals surface area contributed by atoms with Crippen LogP contribution in [-0.4, -0.2) is 23.4 Å². The van der Waals surface area contributed by atoms with E-state index in [2.05, 4.69) is 0 Å². The summed E-state index contributed by atoms with van der Waals surface area (Å²) >= 11 is 0. The molecule has 0 aliphatic carbocycles. The Morgan fingerprint density at radius 3 is 2.37 bits per heavy atom. The molecule has 108 valence electrons. The topological polar surface area (TPSA) is 29.5 Å². The smallest absolute Gasteiger partial charge is 0.123 e. The fourth-order valence-electron chi connectivity index (χ4n) is 2.59. The molecule has 19 heavy (non-hydrogen) atoms. The molecule has 1 aromatic rings. The van der Waals surface area contributed by atoms with Crippen molar-refractivity contribution < 1.29 is 14.2 Å². The van der Waals surface area contributed by atoms with Crippen molar-refractivity contribution >= 4 is 0 Å². The molecule has 0 aromatic heterocycles. The van der Waals surface area contributed by atoms with Crippen molar-refractivity contribution in [1.29, 1.82) is 0 Å². The zero-order chi connectivity index (χ0) is 14.5. The second-order valence-electron chi connectivity index (χ2n) is 5.00. The summed E-state index contributed by atoms with van der Waals surface area (Å²) in [7, 11) is 0. The highest BCUT2D eigenvalue weighted by molar-refractivity contribution is 5.27. The van der Waals surface area contributed by atoms with Crippen molar-refractivity contribution in [3.63, 3.8) is 0 Å². The first kappa shape index (κ1) is 16.1. The molecule has 0 heterocycles. The van der Waals surface area contributed by atoms with Crippen LogP contribution in [0, 0.1) is 12.7 Å². The fourth-order valence-corrected chi connectivity index (χ4v) is 2.59. The number of hydrogen-bond donors (Lipinski definition) is 1. The van der Waals surface area contributed by atoms with E-state index in [9.17, 15) is 9.50 Å². The Hall–Kier alpha value is -0.930. The van der Waals surface area contributed by atoms with Gasteiger partial charge in [-0.25, -0.2) is 4.39 Å². The first-order chi connectivity index (χ1) is 8.99. The number of rotatable bonds is 7. The maximum atomic E-state index is 13.1. The van der Waals surface area contributed by atoms with E-state index < -0.39 is 11.7 Å². The highest BCUT2D eigenvalue weighted by Crippen LogP contribution is 2.28. The highest BCUT2D eigenvalue weighted by Gasteiger charge is 2.35. The summed E-state index contributed by atoms with van der Waals surface area (Å²) in [6.07, 6.45) is 1.44. The molecule has 0 fully saturated rings. The molecular formula is C16H25FO2. The van der Waals surface area contributed by atoms with Crippen LogP contribution in [0.25, 0.3) is 0 Å². The van der Waals surface area contributed by atoms with Gasteiger partial charge >= 0.3 is 0 Å². The predicted octanol–water partition coefficient (Wildman–Crippen LogP) is 3.63. The van der Waals surface area contributed by atoms with Crippen LogP contribution in [0.2, 0.25) is 0 Å². The van der Waals surface area contributed by atoms with Gasteiger partial charge < -0.3 is 9.84 Å². The molecule has 0 saturated heterocycles. The highest BCUT2D eigenvalue weighted by atomic mass is 19.1. The molecule has 0 bridgehead atoms. The summed E-state index contributed by atoms with van der Waals surface area (Å²) in [5.74, 6) is -0.238. The van der Waals surface area contributed by atoms with Crippen LogP contribution in [0.1, 0.15) is 44.7 Å². The second-order valence-corrected chi connectivity index (χ2v) is 5.00. The summed E-state index contributed by atoms with van der Waals surface area (Å²) in [4.78, 5) is 0. The summed E-state index contributed by atoms with van der Waals surface area (Å²) in [5, 5.41) is 10.5. The van der Waals surface area contributed by atoms with E-state index in [-0.39, 0.29) is 5.82 Å². The summed E-state index contributed by atoms with van der Waals surface area (Å²) in [6.45, 7) is 8.45. The number of aryl methyl sites for hydroxylation is 1. The van der Waals surface area contributed by atoms with Crippen LogP contribution >= 0.6 is 0 Å². The van der Waals surface area contributed by atoms with Gasteiger partial charge in [0.25, 0.3) is 0 Å². The first-order valence-electron chi connectivity index (χ1n) is 7.06. The molecule has 0 amide bonds. The van der Waals surface area contributed by atoms with E-state index in [1.54, 1.807) is 6.07 Å². The number of ether oxygens (including phenoxy) is 1.